The SMILES string of the molecule is CC1CCCN(Cc2cc(F)ccc2N)C1=O. The summed E-state index contributed by atoms with van der Waals surface area (Å²) < 4.78 is 13.1. The molecule has 0 aliphatic carbocycles. The number of nitrogens with zero attached hydrogens (tertiary/aromatic N) is 1. The van der Waals surface area contributed by atoms with Gasteiger partial charge in [-0.2, -0.15) is 0 Å². The summed E-state index contributed by atoms with van der Waals surface area (Å²) in [5.41, 5.74) is 7.01. The molecular formula is C13H17FN2O. The minimum absolute atomic E-state index is 0.0681. The van der Waals surface area contributed by atoms with Gasteiger partial charge in [0.2, 0.25) is 5.91 Å². The van der Waals surface area contributed by atoms with Crippen LogP contribution in [0.2, 0.25) is 0 Å². The largest absolute Gasteiger partial charge is 0.398 e. The summed E-state index contributed by atoms with van der Waals surface area (Å²) in [6.45, 7) is 3.08. The van der Waals surface area contributed by atoms with Gasteiger partial charge in [0, 0.05) is 24.7 Å². The first kappa shape index (κ1) is 11.9. The van der Waals surface area contributed by atoms with E-state index < -0.39 is 0 Å². The van der Waals surface area contributed by atoms with E-state index in [0.29, 0.717) is 17.8 Å². The maximum Gasteiger partial charge on any atom is 0.225 e. The number of benzene rings is 1. The molecule has 1 unspecified atom stereocenters. The van der Waals surface area contributed by atoms with Gasteiger partial charge in [0.1, 0.15) is 5.82 Å². The first-order valence-corrected chi connectivity index (χ1v) is 5.90. The van der Waals surface area contributed by atoms with Crippen LogP contribution in [0.1, 0.15) is 25.3 Å². The molecule has 92 valence electrons. The molecule has 1 aromatic rings. The highest BCUT2D eigenvalue weighted by Crippen LogP contribution is 2.22. The second-order valence-electron chi connectivity index (χ2n) is 4.65. The Morgan fingerprint density at radius 3 is 3.06 bits per heavy atom. The van der Waals surface area contributed by atoms with E-state index in [1.54, 1.807) is 11.0 Å². The van der Waals surface area contributed by atoms with Crippen LogP contribution in [-0.2, 0) is 11.3 Å². The number of likely N-dealkylation sites (tertiary alicyclic amines) is 1. The van der Waals surface area contributed by atoms with E-state index in [4.69, 9.17) is 5.73 Å². The van der Waals surface area contributed by atoms with Crippen molar-refractivity contribution in [2.45, 2.75) is 26.3 Å². The highest BCUT2D eigenvalue weighted by molar-refractivity contribution is 5.79. The summed E-state index contributed by atoms with van der Waals surface area (Å²) in [5.74, 6) is -0.106. The normalized spacial score (nSPS) is 20.7. The number of halogens is 1. The lowest BCUT2D eigenvalue weighted by molar-refractivity contribution is -0.138. The zero-order valence-corrected chi connectivity index (χ0v) is 9.95. The van der Waals surface area contributed by atoms with E-state index in [9.17, 15) is 9.18 Å². The van der Waals surface area contributed by atoms with Gasteiger partial charge >= 0.3 is 0 Å². The first-order chi connectivity index (χ1) is 8.08. The molecule has 2 rings (SSSR count). The van der Waals surface area contributed by atoms with Gasteiger partial charge in [-0.1, -0.05) is 6.92 Å². The zero-order valence-electron chi connectivity index (χ0n) is 9.95. The van der Waals surface area contributed by atoms with Crippen molar-refractivity contribution in [3.8, 4) is 0 Å². The number of nitrogen functional groups attached to an aromatic ring is 1. The fourth-order valence-corrected chi connectivity index (χ4v) is 2.21. The van der Waals surface area contributed by atoms with Crippen molar-refractivity contribution in [1.29, 1.82) is 0 Å². The van der Waals surface area contributed by atoms with Gasteiger partial charge in [0.05, 0.1) is 0 Å². The van der Waals surface area contributed by atoms with Crippen molar-refractivity contribution in [2.75, 3.05) is 12.3 Å². The third-order valence-electron chi connectivity index (χ3n) is 3.26. The van der Waals surface area contributed by atoms with Gasteiger partial charge in [0.25, 0.3) is 0 Å². The lowest BCUT2D eigenvalue weighted by Crippen LogP contribution is -2.39. The van der Waals surface area contributed by atoms with Crippen LogP contribution in [0.4, 0.5) is 10.1 Å². The molecule has 1 heterocycles. The summed E-state index contributed by atoms with van der Waals surface area (Å²) in [6, 6.07) is 4.28. The predicted molar refractivity (Wildman–Crippen MR) is 64.6 cm³/mol. The van der Waals surface area contributed by atoms with Crippen molar-refractivity contribution in [2.24, 2.45) is 5.92 Å². The minimum atomic E-state index is -0.313. The summed E-state index contributed by atoms with van der Waals surface area (Å²) in [6.07, 6.45) is 1.94. The van der Waals surface area contributed by atoms with E-state index in [2.05, 4.69) is 0 Å². The Kier molecular flexibility index (Phi) is 3.31. The van der Waals surface area contributed by atoms with Crippen LogP contribution in [0.5, 0.6) is 0 Å². The Morgan fingerprint density at radius 2 is 2.29 bits per heavy atom. The van der Waals surface area contributed by atoms with Gasteiger partial charge < -0.3 is 10.6 Å². The Morgan fingerprint density at radius 1 is 1.53 bits per heavy atom. The molecule has 0 radical (unpaired) electrons. The molecule has 1 amide bonds. The van der Waals surface area contributed by atoms with Crippen LogP contribution < -0.4 is 5.73 Å². The number of carbonyl (C=O) groups is 1. The Bertz CT molecular complexity index is 433. The smallest absolute Gasteiger partial charge is 0.225 e. The second kappa shape index (κ2) is 4.73. The number of amides is 1. The molecule has 1 aromatic carbocycles. The molecule has 1 aliphatic heterocycles. The summed E-state index contributed by atoms with van der Waals surface area (Å²) in [5, 5.41) is 0. The van der Waals surface area contributed by atoms with Crippen molar-refractivity contribution >= 4 is 11.6 Å². The summed E-state index contributed by atoms with van der Waals surface area (Å²) in [7, 11) is 0. The number of nitrogens with two attached hydrogens (primary N) is 1. The Hall–Kier alpha value is -1.58. The van der Waals surface area contributed by atoms with Gasteiger partial charge in [-0.3, -0.25) is 4.79 Å². The van der Waals surface area contributed by atoms with E-state index in [1.165, 1.54) is 12.1 Å². The number of rotatable bonds is 2. The molecule has 1 aliphatic rings. The molecule has 17 heavy (non-hydrogen) atoms. The molecule has 1 fully saturated rings. The van der Waals surface area contributed by atoms with Crippen LogP contribution in [0.25, 0.3) is 0 Å². The lowest BCUT2D eigenvalue weighted by Gasteiger charge is -2.31. The van der Waals surface area contributed by atoms with Crippen molar-refractivity contribution in [3.05, 3.63) is 29.6 Å². The highest BCUT2D eigenvalue weighted by Gasteiger charge is 2.25. The fraction of sp³-hybridized carbons (Fsp3) is 0.462. The molecule has 0 saturated carbocycles. The van der Waals surface area contributed by atoms with Gasteiger partial charge in [-0.25, -0.2) is 4.39 Å². The number of anilines is 1. The summed E-state index contributed by atoms with van der Waals surface area (Å²) >= 11 is 0. The standard InChI is InChI=1S/C13H17FN2O/c1-9-3-2-6-16(13(9)17)8-10-7-11(14)4-5-12(10)15/h4-5,7,9H,2-3,6,8,15H2,1H3. The molecule has 0 bridgehead atoms. The molecule has 2 N–H and O–H groups in total. The molecule has 1 saturated heterocycles. The van der Waals surface area contributed by atoms with Gasteiger partial charge in [-0.15, -0.1) is 0 Å². The molecular weight excluding hydrogens is 219 g/mol. The van der Waals surface area contributed by atoms with Crippen molar-refractivity contribution in [1.82, 2.24) is 4.90 Å². The number of piperidine rings is 1. The third-order valence-corrected chi connectivity index (χ3v) is 3.26. The molecule has 1 atom stereocenters. The zero-order chi connectivity index (χ0) is 12.4. The van der Waals surface area contributed by atoms with Crippen LogP contribution in [0.3, 0.4) is 0 Å². The topological polar surface area (TPSA) is 46.3 Å². The number of hydrogen-bond donors (Lipinski definition) is 1. The number of hydrogen-bond acceptors (Lipinski definition) is 2. The third kappa shape index (κ3) is 2.57. The maximum atomic E-state index is 13.1. The average Bonchev–Trinajstić information content (AvgIpc) is 2.30. The van der Waals surface area contributed by atoms with Crippen LogP contribution >= 0.6 is 0 Å². The van der Waals surface area contributed by atoms with Crippen LogP contribution in [-0.4, -0.2) is 17.4 Å². The highest BCUT2D eigenvalue weighted by atomic mass is 19.1. The van der Waals surface area contributed by atoms with Gasteiger partial charge in [-0.05, 0) is 36.6 Å². The van der Waals surface area contributed by atoms with E-state index in [-0.39, 0.29) is 17.6 Å². The van der Waals surface area contributed by atoms with Gasteiger partial charge in [0.15, 0.2) is 0 Å². The fourth-order valence-electron chi connectivity index (χ4n) is 2.21. The maximum absolute atomic E-state index is 13.1. The molecule has 0 spiro atoms. The van der Waals surface area contributed by atoms with E-state index in [1.807, 2.05) is 6.92 Å². The molecule has 3 nitrogen and oxygen atoms in total. The van der Waals surface area contributed by atoms with Crippen LogP contribution in [0, 0.1) is 11.7 Å². The monoisotopic (exact) mass is 236 g/mol. The Labute approximate surface area is 100 Å². The van der Waals surface area contributed by atoms with Crippen molar-refractivity contribution in [3.63, 3.8) is 0 Å². The predicted octanol–water partition coefficient (Wildman–Crippen LogP) is 2.17. The summed E-state index contributed by atoms with van der Waals surface area (Å²) in [4.78, 5) is 13.7. The van der Waals surface area contributed by atoms with Crippen molar-refractivity contribution < 1.29 is 9.18 Å². The average molecular weight is 236 g/mol. The second-order valence-corrected chi connectivity index (χ2v) is 4.65. The molecule has 0 aromatic heterocycles. The van der Waals surface area contributed by atoms with Crippen LogP contribution in [0.15, 0.2) is 18.2 Å². The first-order valence-electron chi connectivity index (χ1n) is 5.90. The van der Waals surface area contributed by atoms with E-state index >= 15 is 0 Å². The number of carbonyl (C=O) groups excluding carboxylic acids is 1. The quantitative estimate of drug-likeness (QED) is 0.800. The minimum Gasteiger partial charge on any atom is -0.398 e. The molecule has 4 heteroatoms. The van der Waals surface area contributed by atoms with E-state index in [0.717, 1.165) is 19.4 Å². The lowest BCUT2D eigenvalue weighted by atomic mass is 9.98. The Balaban J connectivity index is 2.14.